The van der Waals surface area contributed by atoms with Crippen LogP contribution in [0.15, 0.2) is 36.9 Å². The van der Waals surface area contributed by atoms with Crippen molar-refractivity contribution in [3.8, 4) is 0 Å². The van der Waals surface area contributed by atoms with Crippen molar-refractivity contribution in [2.45, 2.75) is 37.8 Å². The summed E-state index contributed by atoms with van der Waals surface area (Å²) >= 11 is 0. The number of piperidine rings is 1. The van der Waals surface area contributed by atoms with Crippen molar-refractivity contribution in [1.82, 2.24) is 24.8 Å². The summed E-state index contributed by atoms with van der Waals surface area (Å²) in [4.78, 5) is 35.5. The van der Waals surface area contributed by atoms with Gasteiger partial charge in [0.2, 0.25) is 5.91 Å². The van der Waals surface area contributed by atoms with E-state index < -0.39 is 0 Å². The first-order chi connectivity index (χ1) is 12.6. The molecule has 0 aromatic carbocycles. The fourth-order valence-corrected chi connectivity index (χ4v) is 3.80. The molecular formula is C19H23N5O2. The van der Waals surface area contributed by atoms with E-state index in [2.05, 4.69) is 15.3 Å². The van der Waals surface area contributed by atoms with Gasteiger partial charge in [-0.05, 0) is 31.4 Å². The second kappa shape index (κ2) is 6.90. The third-order valence-corrected chi connectivity index (χ3v) is 5.29. The summed E-state index contributed by atoms with van der Waals surface area (Å²) in [6, 6.07) is 3.64. The van der Waals surface area contributed by atoms with Gasteiger partial charge in [-0.25, -0.2) is 4.98 Å². The van der Waals surface area contributed by atoms with Crippen LogP contribution in [0.25, 0.3) is 0 Å². The largest absolute Gasteiger partial charge is 0.352 e. The molecule has 0 spiro atoms. The summed E-state index contributed by atoms with van der Waals surface area (Å²) in [6.45, 7) is 0.523. The maximum Gasteiger partial charge on any atom is 0.251 e. The first-order valence-corrected chi connectivity index (χ1v) is 9.11. The predicted octanol–water partition coefficient (Wildman–Crippen LogP) is 1.69. The van der Waals surface area contributed by atoms with Crippen LogP contribution >= 0.6 is 0 Å². The number of nitrogens with zero attached hydrogens (tertiary/aromatic N) is 4. The molecule has 0 bridgehead atoms. The Bertz CT molecular complexity index is 799. The number of hydrogen-bond acceptors (Lipinski definition) is 4. The maximum atomic E-state index is 12.6. The summed E-state index contributed by atoms with van der Waals surface area (Å²) in [7, 11) is 1.96. The fourth-order valence-electron chi connectivity index (χ4n) is 3.80. The Morgan fingerprint density at radius 2 is 2.00 bits per heavy atom. The predicted molar refractivity (Wildman–Crippen MR) is 95.1 cm³/mol. The lowest BCUT2D eigenvalue weighted by atomic mass is 9.87. The van der Waals surface area contributed by atoms with Crippen molar-refractivity contribution < 1.29 is 9.59 Å². The van der Waals surface area contributed by atoms with Gasteiger partial charge >= 0.3 is 0 Å². The van der Waals surface area contributed by atoms with Gasteiger partial charge in [0.05, 0.1) is 6.04 Å². The molecule has 3 heterocycles. The Morgan fingerprint density at radius 3 is 2.65 bits per heavy atom. The van der Waals surface area contributed by atoms with Gasteiger partial charge in [-0.15, -0.1) is 0 Å². The summed E-state index contributed by atoms with van der Waals surface area (Å²) in [6.07, 6.45) is 10.3. The molecule has 1 saturated carbocycles. The lowest BCUT2D eigenvalue weighted by molar-refractivity contribution is -0.140. The standard InChI is InChI=1S/C19H23N5O2/c1-23-11-10-21-18(23)17-14(2-5-16(25)24(17)15-3-4-15)12-22-19(26)13-6-8-20-9-7-13/h6-11,14-15,17H,2-5,12H2,1H3,(H,22,26)/t14-,17+/m1/s1. The van der Waals surface area contributed by atoms with Crippen LogP contribution in [0.2, 0.25) is 0 Å². The van der Waals surface area contributed by atoms with Gasteiger partial charge < -0.3 is 14.8 Å². The first-order valence-electron chi connectivity index (χ1n) is 9.11. The van der Waals surface area contributed by atoms with Crippen molar-refractivity contribution in [2.24, 2.45) is 13.0 Å². The molecule has 7 nitrogen and oxygen atoms in total. The molecule has 2 aliphatic rings. The molecular weight excluding hydrogens is 330 g/mol. The number of pyridine rings is 1. The highest BCUT2D eigenvalue weighted by Crippen LogP contribution is 2.42. The number of amides is 2. The molecule has 2 amide bonds. The number of nitrogens with one attached hydrogen (secondary N) is 1. The molecule has 4 rings (SSSR count). The quantitative estimate of drug-likeness (QED) is 0.887. The van der Waals surface area contributed by atoms with Crippen LogP contribution in [0.3, 0.4) is 0 Å². The lowest BCUT2D eigenvalue weighted by Crippen LogP contribution is -2.48. The highest BCUT2D eigenvalue weighted by atomic mass is 16.2. The first kappa shape index (κ1) is 16.8. The average Bonchev–Trinajstić information content (AvgIpc) is 3.41. The monoisotopic (exact) mass is 353 g/mol. The second-order valence-electron chi connectivity index (χ2n) is 7.12. The van der Waals surface area contributed by atoms with Crippen LogP contribution in [-0.4, -0.2) is 43.8 Å². The number of carbonyl (C=O) groups excluding carboxylic acids is 2. The Morgan fingerprint density at radius 1 is 1.23 bits per heavy atom. The smallest absolute Gasteiger partial charge is 0.251 e. The minimum Gasteiger partial charge on any atom is -0.352 e. The number of aryl methyl sites for hydroxylation is 1. The van der Waals surface area contributed by atoms with Crippen LogP contribution in [0.1, 0.15) is 47.9 Å². The number of rotatable bonds is 5. The molecule has 1 N–H and O–H groups in total. The van der Waals surface area contributed by atoms with Crippen molar-refractivity contribution in [2.75, 3.05) is 6.54 Å². The van der Waals surface area contributed by atoms with Gasteiger partial charge in [0.15, 0.2) is 0 Å². The molecule has 0 radical (unpaired) electrons. The van der Waals surface area contributed by atoms with Crippen LogP contribution in [-0.2, 0) is 11.8 Å². The molecule has 2 atom stereocenters. The number of likely N-dealkylation sites (tertiary alicyclic amines) is 1. The second-order valence-corrected chi connectivity index (χ2v) is 7.12. The Hall–Kier alpha value is -2.70. The highest BCUT2D eigenvalue weighted by molar-refractivity contribution is 5.94. The fraction of sp³-hybridized carbons (Fsp3) is 0.474. The molecule has 136 valence electrons. The van der Waals surface area contributed by atoms with E-state index >= 15 is 0 Å². The third kappa shape index (κ3) is 3.21. The Kier molecular flexibility index (Phi) is 4.44. The Labute approximate surface area is 152 Å². The van der Waals surface area contributed by atoms with Crippen LogP contribution in [0.5, 0.6) is 0 Å². The van der Waals surface area contributed by atoms with Gasteiger partial charge in [-0.1, -0.05) is 0 Å². The molecule has 2 fully saturated rings. The van der Waals surface area contributed by atoms with Gasteiger partial charge in [0.25, 0.3) is 5.91 Å². The van der Waals surface area contributed by atoms with Crippen LogP contribution < -0.4 is 5.32 Å². The van der Waals surface area contributed by atoms with Gasteiger partial charge in [0, 0.05) is 62.3 Å². The number of aromatic nitrogens is 3. The minimum atomic E-state index is -0.110. The number of imidazole rings is 1. The maximum absolute atomic E-state index is 12.6. The van der Waals surface area contributed by atoms with E-state index in [4.69, 9.17) is 0 Å². The topological polar surface area (TPSA) is 80.1 Å². The lowest BCUT2D eigenvalue weighted by Gasteiger charge is -2.41. The molecule has 1 aliphatic carbocycles. The molecule has 2 aromatic heterocycles. The zero-order chi connectivity index (χ0) is 18.1. The van der Waals surface area contributed by atoms with Gasteiger partial charge in [0.1, 0.15) is 5.82 Å². The molecule has 0 unspecified atom stereocenters. The highest BCUT2D eigenvalue weighted by Gasteiger charge is 2.45. The molecule has 1 saturated heterocycles. The zero-order valence-corrected chi connectivity index (χ0v) is 14.8. The van der Waals surface area contributed by atoms with E-state index in [0.717, 1.165) is 25.1 Å². The zero-order valence-electron chi connectivity index (χ0n) is 14.8. The van der Waals surface area contributed by atoms with Crippen LogP contribution in [0.4, 0.5) is 0 Å². The minimum absolute atomic E-state index is 0.0820. The number of hydrogen-bond donors (Lipinski definition) is 1. The number of carbonyl (C=O) groups is 2. The van der Waals surface area contributed by atoms with E-state index in [0.29, 0.717) is 24.6 Å². The van der Waals surface area contributed by atoms with Crippen molar-refractivity contribution in [3.63, 3.8) is 0 Å². The summed E-state index contributed by atoms with van der Waals surface area (Å²) in [5.41, 5.74) is 0.597. The van der Waals surface area contributed by atoms with E-state index in [1.54, 1.807) is 30.7 Å². The van der Waals surface area contributed by atoms with E-state index in [1.807, 2.05) is 22.7 Å². The Balaban J connectivity index is 1.54. The van der Waals surface area contributed by atoms with E-state index in [9.17, 15) is 9.59 Å². The summed E-state index contributed by atoms with van der Waals surface area (Å²) in [5, 5.41) is 3.03. The van der Waals surface area contributed by atoms with Crippen molar-refractivity contribution in [1.29, 1.82) is 0 Å². The molecule has 7 heteroatoms. The molecule has 1 aliphatic heterocycles. The van der Waals surface area contributed by atoms with E-state index in [-0.39, 0.29) is 23.8 Å². The van der Waals surface area contributed by atoms with Gasteiger partial charge in [-0.2, -0.15) is 0 Å². The molecule has 2 aromatic rings. The SMILES string of the molecule is Cn1ccnc1[C@@H]1[C@@H](CNC(=O)c2ccncc2)CCC(=O)N1C1CC1. The average molecular weight is 353 g/mol. The van der Waals surface area contributed by atoms with Crippen molar-refractivity contribution >= 4 is 11.8 Å². The van der Waals surface area contributed by atoms with Gasteiger partial charge in [-0.3, -0.25) is 14.6 Å². The van der Waals surface area contributed by atoms with E-state index in [1.165, 1.54) is 0 Å². The summed E-state index contributed by atoms with van der Waals surface area (Å²) in [5.74, 6) is 1.14. The van der Waals surface area contributed by atoms with Crippen molar-refractivity contribution in [3.05, 3.63) is 48.3 Å². The molecule has 26 heavy (non-hydrogen) atoms. The van der Waals surface area contributed by atoms with Crippen LogP contribution in [0, 0.1) is 5.92 Å². The normalized spacial score (nSPS) is 23.1. The summed E-state index contributed by atoms with van der Waals surface area (Å²) < 4.78 is 1.98. The third-order valence-electron chi connectivity index (χ3n) is 5.29.